The minimum absolute atomic E-state index is 0.123. The van der Waals surface area contributed by atoms with E-state index in [2.05, 4.69) is 15.4 Å². The van der Waals surface area contributed by atoms with Crippen molar-refractivity contribution in [1.29, 1.82) is 0 Å². The van der Waals surface area contributed by atoms with E-state index in [0.717, 1.165) is 12.1 Å². The monoisotopic (exact) mass is 666 g/mol. The molecule has 3 aromatic rings. The maximum atomic E-state index is 14.1. The molecule has 0 radical (unpaired) electrons. The summed E-state index contributed by atoms with van der Waals surface area (Å²) in [5.41, 5.74) is 0.654. The number of aromatic nitrogens is 4. The van der Waals surface area contributed by atoms with E-state index in [1.165, 1.54) is 10.9 Å². The molecular formula is C31H35Cl2F3N6O3. The molecule has 1 aliphatic carbocycles. The maximum Gasteiger partial charge on any atom is 0.416 e. The predicted octanol–water partition coefficient (Wildman–Crippen LogP) is 7.17. The highest BCUT2D eigenvalue weighted by atomic mass is 35.5. The highest BCUT2D eigenvalue weighted by Gasteiger charge is 2.42. The number of aryl methyl sites for hydroxylation is 1. The summed E-state index contributed by atoms with van der Waals surface area (Å²) in [7, 11) is 1.60. The molecule has 2 aromatic carbocycles. The minimum atomic E-state index is -4.59. The normalized spacial score (nSPS) is 21.7. The summed E-state index contributed by atoms with van der Waals surface area (Å²) in [4.78, 5) is 30.8. The summed E-state index contributed by atoms with van der Waals surface area (Å²) in [6.45, 7) is 4.17. The topological polar surface area (TPSA) is 93.5 Å². The molecule has 2 heterocycles. The SMILES string of the molecule is CCOC(=O)C[C@H]1CC[C@H](C(=O)N2c3ccc(C(F)(F)F)cc3[C@@H](N(Cc3cc(Cl)cc(Cl)c3)c3nnn(C)n3)C[C@H]2C)CC1. The van der Waals surface area contributed by atoms with Gasteiger partial charge in [-0.1, -0.05) is 28.3 Å². The number of esters is 1. The summed E-state index contributed by atoms with van der Waals surface area (Å²) in [5.74, 6) is -0.300. The highest BCUT2D eigenvalue weighted by Crippen LogP contribution is 2.46. The molecule has 2 atom stereocenters. The zero-order chi connectivity index (χ0) is 32.5. The van der Waals surface area contributed by atoms with Gasteiger partial charge in [0.1, 0.15) is 0 Å². The molecule has 242 valence electrons. The summed E-state index contributed by atoms with van der Waals surface area (Å²) in [6, 6.07) is 7.59. The van der Waals surface area contributed by atoms with Gasteiger partial charge in [-0.3, -0.25) is 9.59 Å². The first kappa shape index (κ1) is 33.0. The lowest BCUT2D eigenvalue weighted by molar-refractivity contribution is -0.144. The molecule has 1 fully saturated rings. The van der Waals surface area contributed by atoms with Crippen molar-refractivity contribution in [2.45, 2.75) is 77.2 Å². The summed E-state index contributed by atoms with van der Waals surface area (Å²) in [6.07, 6.45) is -1.37. The summed E-state index contributed by atoms with van der Waals surface area (Å²) >= 11 is 12.6. The zero-order valence-corrected chi connectivity index (χ0v) is 26.7. The Hall–Kier alpha value is -3.38. The maximum absolute atomic E-state index is 14.1. The Morgan fingerprint density at radius 2 is 1.76 bits per heavy atom. The Labute approximate surface area is 269 Å². The number of hydrogen-bond acceptors (Lipinski definition) is 7. The van der Waals surface area contributed by atoms with Crippen LogP contribution in [-0.2, 0) is 34.1 Å². The molecule has 1 amide bonds. The van der Waals surface area contributed by atoms with Gasteiger partial charge >= 0.3 is 12.1 Å². The summed E-state index contributed by atoms with van der Waals surface area (Å²) in [5, 5.41) is 13.4. The van der Waals surface area contributed by atoms with Crippen LogP contribution in [0.3, 0.4) is 0 Å². The van der Waals surface area contributed by atoms with Crippen LogP contribution in [-0.4, -0.2) is 44.7 Å². The molecule has 2 aliphatic rings. The van der Waals surface area contributed by atoms with E-state index in [9.17, 15) is 22.8 Å². The average molecular weight is 668 g/mol. The number of amides is 1. The van der Waals surface area contributed by atoms with E-state index < -0.39 is 17.8 Å². The highest BCUT2D eigenvalue weighted by molar-refractivity contribution is 6.34. The van der Waals surface area contributed by atoms with Crippen molar-refractivity contribution in [2.75, 3.05) is 16.4 Å². The van der Waals surface area contributed by atoms with Crippen LogP contribution in [0.1, 0.15) is 75.1 Å². The van der Waals surface area contributed by atoms with Crippen LogP contribution in [0.15, 0.2) is 36.4 Å². The molecule has 1 aromatic heterocycles. The smallest absolute Gasteiger partial charge is 0.416 e. The van der Waals surface area contributed by atoms with Crippen LogP contribution in [0.4, 0.5) is 24.8 Å². The average Bonchev–Trinajstić information content (AvgIpc) is 3.40. The van der Waals surface area contributed by atoms with E-state index in [0.29, 0.717) is 72.0 Å². The number of benzene rings is 2. The lowest BCUT2D eigenvalue weighted by Crippen LogP contribution is -2.49. The molecule has 0 saturated heterocycles. The molecule has 45 heavy (non-hydrogen) atoms. The van der Waals surface area contributed by atoms with Gasteiger partial charge in [0.25, 0.3) is 5.95 Å². The first-order valence-electron chi connectivity index (χ1n) is 15.0. The number of nitrogens with zero attached hydrogens (tertiary/aromatic N) is 6. The number of carbonyl (C=O) groups is 2. The van der Waals surface area contributed by atoms with Gasteiger partial charge < -0.3 is 14.5 Å². The van der Waals surface area contributed by atoms with Gasteiger partial charge in [0.05, 0.1) is 25.3 Å². The number of carbonyl (C=O) groups excluding carboxylic acids is 2. The van der Waals surface area contributed by atoms with Gasteiger partial charge in [-0.25, -0.2) is 0 Å². The van der Waals surface area contributed by atoms with E-state index in [-0.39, 0.29) is 42.2 Å². The van der Waals surface area contributed by atoms with E-state index in [4.69, 9.17) is 27.9 Å². The standard InChI is InChI=1S/C31H35Cl2F3N6O3/c1-4-45-28(43)14-19-5-7-21(8-6-19)29(44)42-18(2)11-27(25-15-22(31(34,35)36)9-10-26(25)42)41(30-37-39-40(3)38-30)17-20-12-23(32)16-24(33)13-20/h9-10,12-13,15-16,18-19,21,27H,4-8,11,14,17H2,1-3H3/t18-,19-,21-,27+/m1/s1. The molecule has 1 saturated carbocycles. The molecule has 0 bridgehead atoms. The van der Waals surface area contributed by atoms with Crippen molar-refractivity contribution in [3.63, 3.8) is 0 Å². The van der Waals surface area contributed by atoms with Crippen LogP contribution in [0.25, 0.3) is 0 Å². The van der Waals surface area contributed by atoms with Gasteiger partial charge in [0.15, 0.2) is 0 Å². The first-order valence-corrected chi connectivity index (χ1v) is 15.7. The van der Waals surface area contributed by atoms with Gasteiger partial charge in [-0.2, -0.15) is 18.0 Å². The second kappa shape index (κ2) is 13.5. The van der Waals surface area contributed by atoms with E-state index >= 15 is 0 Å². The van der Waals surface area contributed by atoms with Crippen LogP contribution in [0.5, 0.6) is 0 Å². The minimum Gasteiger partial charge on any atom is -0.466 e. The van der Waals surface area contributed by atoms with Crippen LogP contribution in [0.2, 0.25) is 10.0 Å². The van der Waals surface area contributed by atoms with Crippen molar-refractivity contribution in [3.05, 3.63) is 63.1 Å². The molecule has 0 unspecified atom stereocenters. The second-order valence-electron chi connectivity index (χ2n) is 11.8. The molecule has 1 aliphatic heterocycles. The fourth-order valence-corrected chi connectivity index (χ4v) is 7.09. The fraction of sp³-hybridized carbons (Fsp3) is 0.516. The Bertz CT molecular complexity index is 1520. The summed E-state index contributed by atoms with van der Waals surface area (Å²) < 4.78 is 47.2. The third-order valence-electron chi connectivity index (χ3n) is 8.58. The van der Waals surface area contributed by atoms with Crippen molar-refractivity contribution in [1.82, 2.24) is 20.2 Å². The first-order chi connectivity index (χ1) is 21.3. The number of fused-ring (bicyclic) bond motifs is 1. The van der Waals surface area contributed by atoms with Crippen LogP contribution < -0.4 is 9.80 Å². The third kappa shape index (κ3) is 7.54. The number of ether oxygens (including phenoxy) is 1. The van der Waals surface area contributed by atoms with E-state index in [1.807, 2.05) is 6.92 Å². The van der Waals surface area contributed by atoms with Gasteiger partial charge in [-0.15, -0.1) is 5.10 Å². The van der Waals surface area contributed by atoms with Crippen molar-refractivity contribution < 1.29 is 27.5 Å². The van der Waals surface area contributed by atoms with E-state index in [1.54, 1.807) is 42.0 Å². The van der Waals surface area contributed by atoms with Crippen molar-refractivity contribution in [2.24, 2.45) is 18.9 Å². The number of tetrazole rings is 1. The number of halogens is 5. The van der Waals surface area contributed by atoms with Gasteiger partial charge in [0, 0.05) is 40.7 Å². The quantitative estimate of drug-likeness (QED) is 0.235. The number of anilines is 2. The Morgan fingerprint density at radius 3 is 2.36 bits per heavy atom. The molecule has 5 rings (SSSR count). The zero-order valence-electron chi connectivity index (χ0n) is 25.2. The fourth-order valence-electron chi connectivity index (χ4n) is 6.52. The molecular weight excluding hydrogens is 632 g/mol. The van der Waals surface area contributed by atoms with Gasteiger partial charge in [-0.05, 0) is 105 Å². The number of rotatable bonds is 8. The molecule has 9 nitrogen and oxygen atoms in total. The number of alkyl halides is 3. The Morgan fingerprint density at radius 1 is 1.07 bits per heavy atom. The lowest BCUT2D eigenvalue weighted by Gasteiger charge is -2.45. The molecule has 0 spiro atoms. The third-order valence-corrected chi connectivity index (χ3v) is 9.02. The largest absolute Gasteiger partial charge is 0.466 e. The number of hydrogen-bond donors (Lipinski definition) is 0. The van der Waals surface area contributed by atoms with Crippen molar-refractivity contribution >= 4 is 46.7 Å². The Balaban J connectivity index is 1.49. The Kier molecular flexibility index (Phi) is 9.93. The lowest BCUT2D eigenvalue weighted by atomic mass is 9.79. The van der Waals surface area contributed by atoms with Crippen LogP contribution >= 0.6 is 23.2 Å². The molecule has 14 heteroatoms. The predicted molar refractivity (Wildman–Crippen MR) is 164 cm³/mol. The van der Waals surface area contributed by atoms with Crippen molar-refractivity contribution in [3.8, 4) is 0 Å². The van der Waals surface area contributed by atoms with Gasteiger partial charge in [0.2, 0.25) is 5.91 Å². The second-order valence-corrected chi connectivity index (χ2v) is 12.7. The van der Waals surface area contributed by atoms with Crippen LogP contribution in [0, 0.1) is 11.8 Å². The molecule has 0 N–H and O–H groups in total.